The molecule has 1 fully saturated rings. The van der Waals surface area contributed by atoms with E-state index in [1.807, 2.05) is 84.9 Å². The zero-order valence-electron chi connectivity index (χ0n) is 26.7. The number of amides is 2. The van der Waals surface area contributed by atoms with Gasteiger partial charge in [0.15, 0.2) is 0 Å². The lowest BCUT2D eigenvalue weighted by molar-refractivity contribution is 0.0697. The van der Waals surface area contributed by atoms with Crippen LogP contribution >= 0.6 is 0 Å². The maximum atomic E-state index is 13.2. The third-order valence-electron chi connectivity index (χ3n) is 9.29. The number of likely N-dealkylation sites (tertiary alicyclic amines) is 1. The average Bonchev–Trinajstić information content (AvgIpc) is 3.34. The number of carbonyl (C=O) groups is 3. The van der Waals surface area contributed by atoms with Gasteiger partial charge >= 0.3 is 12.1 Å². The van der Waals surface area contributed by atoms with E-state index in [0.29, 0.717) is 43.2 Å². The van der Waals surface area contributed by atoms with Gasteiger partial charge in [-0.3, -0.25) is 4.79 Å². The summed E-state index contributed by atoms with van der Waals surface area (Å²) in [6.45, 7) is 6.89. The molecule has 4 aromatic carbocycles. The molecule has 1 aromatic heterocycles. The zero-order valence-corrected chi connectivity index (χ0v) is 26.7. The quantitative estimate of drug-likeness (QED) is 0.176. The van der Waals surface area contributed by atoms with Crippen molar-refractivity contribution in [1.82, 2.24) is 14.8 Å². The van der Waals surface area contributed by atoms with Gasteiger partial charge in [0, 0.05) is 48.3 Å². The highest BCUT2D eigenvalue weighted by Crippen LogP contribution is 2.29. The van der Waals surface area contributed by atoms with E-state index in [1.54, 1.807) is 17.0 Å². The monoisotopic (exact) mass is 629 g/mol. The lowest BCUT2D eigenvalue weighted by Crippen LogP contribution is -2.41. The number of ether oxygens (including phenoxy) is 1. The number of carboxylic acids is 1. The molecule has 0 spiro atoms. The molecule has 8 heteroatoms. The first-order chi connectivity index (χ1) is 22.8. The van der Waals surface area contributed by atoms with Crippen LogP contribution < -0.4 is 5.32 Å². The summed E-state index contributed by atoms with van der Waals surface area (Å²) in [4.78, 5) is 39.1. The second kappa shape index (κ2) is 14.0. The number of aromatic nitrogens is 1. The number of hydrogen-bond acceptors (Lipinski definition) is 4. The average molecular weight is 630 g/mol. The van der Waals surface area contributed by atoms with Crippen LogP contribution in [-0.4, -0.2) is 52.2 Å². The van der Waals surface area contributed by atoms with Crippen LogP contribution in [0.25, 0.3) is 22.0 Å². The Morgan fingerprint density at radius 2 is 1.55 bits per heavy atom. The van der Waals surface area contributed by atoms with Gasteiger partial charge in [-0.25, -0.2) is 9.59 Å². The number of hydrogen-bond donors (Lipinski definition) is 2. The summed E-state index contributed by atoms with van der Waals surface area (Å²) >= 11 is 0. The standard InChI is InChI=1S/C39H39N3O5/c1-26-27(2)42(24-29-12-14-31(15-13-29)33-10-6-7-11-34(33)38(44)45)36-17-16-32(22-35(26)36)37(43)40-23-28-18-20-41(21-19-28)39(46)47-25-30-8-4-3-5-9-30/h3-17,22,28H,18-21,23-25H2,1-2H3,(H,40,43)(H,44,45). The second-order valence-electron chi connectivity index (χ2n) is 12.3. The van der Waals surface area contributed by atoms with E-state index in [2.05, 4.69) is 23.7 Å². The Morgan fingerprint density at radius 1 is 0.851 bits per heavy atom. The van der Waals surface area contributed by atoms with Gasteiger partial charge in [0.25, 0.3) is 5.91 Å². The van der Waals surface area contributed by atoms with E-state index >= 15 is 0 Å². The minimum Gasteiger partial charge on any atom is -0.478 e. The van der Waals surface area contributed by atoms with Crippen molar-refractivity contribution in [2.75, 3.05) is 19.6 Å². The largest absolute Gasteiger partial charge is 0.478 e. The van der Waals surface area contributed by atoms with Gasteiger partial charge in [-0.2, -0.15) is 0 Å². The Balaban J connectivity index is 1.05. The number of nitrogens with one attached hydrogen (secondary N) is 1. The van der Waals surface area contributed by atoms with Crippen LogP contribution in [0.4, 0.5) is 4.79 Å². The normalized spacial score (nSPS) is 13.4. The predicted molar refractivity (Wildman–Crippen MR) is 183 cm³/mol. The topological polar surface area (TPSA) is 101 Å². The first kappa shape index (κ1) is 31.6. The molecule has 0 bridgehead atoms. The Bertz CT molecular complexity index is 1910. The van der Waals surface area contributed by atoms with Gasteiger partial charge in [0.1, 0.15) is 6.61 Å². The van der Waals surface area contributed by atoms with Gasteiger partial charge in [-0.1, -0.05) is 72.8 Å². The Labute approximate surface area is 274 Å². The van der Waals surface area contributed by atoms with Gasteiger partial charge in [-0.05, 0) is 84.7 Å². The van der Waals surface area contributed by atoms with Crippen LogP contribution in [0.2, 0.25) is 0 Å². The number of carboxylic acid groups (broad SMARTS) is 1. The van der Waals surface area contributed by atoms with Crippen molar-refractivity contribution in [1.29, 1.82) is 0 Å². The first-order valence-electron chi connectivity index (χ1n) is 16.0. The fraction of sp³-hybridized carbons (Fsp3) is 0.256. The van der Waals surface area contributed by atoms with Gasteiger partial charge < -0.3 is 24.6 Å². The smallest absolute Gasteiger partial charge is 0.410 e. The summed E-state index contributed by atoms with van der Waals surface area (Å²) in [5.41, 5.74) is 7.85. The number of piperidine rings is 1. The SMILES string of the molecule is Cc1c(C)n(Cc2ccc(-c3ccccc3C(=O)O)cc2)c2ccc(C(=O)NCC3CCN(C(=O)OCc4ccccc4)CC3)cc12. The fourth-order valence-electron chi connectivity index (χ4n) is 6.36. The first-order valence-corrected chi connectivity index (χ1v) is 16.0. The molecule has 8 nitrogen and oxygen atoms in total. The van der Waals surface area contributed by atoms with E-state index in [4.69, 9.17) is 4.74 Å². The molecule has 6 rings (SSSR count). The van der Waals surface area contributed by atoms with E-state index in [0.717, 1.165) is 51.7 Å². The molecule has 2 N–H and O–H groups in total. The lowest BCUT2D eigenvalue weighted by Gasteiger charge is -2.31. The molecule has 0 unspecified atom stereocenters. The van der Waals surface area contributed by atoms with E-state index in [-0.39, 0.29) is 24.2 Å². The molecule has 0 radical (unpaired) electrons. The number of aryl methyl sites for hydroxylation is 1. The molecule has 240 valence electrons. The second-order valence-corrected chi connectivity index (χ2v) is 12.3. The highest BCUT2D eigenvalue weighted by molar-refractivity contribution is 5.99. The maximum absolute atomic E-state index is 13.2. The minimum absolute atomic E-state index is 0.0985. The number of nitrogens with zero attached hydrogens (tertiary/aromatic N) is 2. The van der Waals surface area contributed by atoms with E-state index < -0.39 is 5.97 Å². The molecule has 1 aliphatic heterocycles. The van der Waals surface area contributed by atoms with Crippen LogP contribution in [0.1, 0.15) is 55.9 Å². The van der Waals surface area contributed by atoms with Crippen LogP contribution in [0.3, 0.4) is 0 Å². The third-order valence-corrected chi connectivity index (χ3v) is 9.29. The van der Waals surface area contributed by atoms with Crippen molar-refractivity contribution in [3.63, 3.8) is 0 Å². The summed E-state index contributed by atoms with van der Waals surface area (Å²) in [6, 6.07) is 30.6. The summed E-state index contributed by atoms with van der Waals surface area (Å²) in [7, 11) is 0. The predicted octanol–water partition coefficient (Wildman–Crippen LogP) is 7.45. The number of aromatic carboxylic acids is 1. The molecule has 0 atom stereocenters. The molecule has 1 saturated heterocycles. The van der Waals surface area contributed by atoms with E-state index in [1.165, 1.54) is 0 Å². The van der Waals surface area contributed by atoms with Crippen LogP contribution in [0, 0.1) is 19.8 Å². The van der Waals surface area contributed by atoms with Crippen LogP contribution in [0.15, 0.2) is 97.1 Å². The molecule has 0 aliphatic carbocycles. The van der Waals surface area contributed by atoms with Gasteiger partial charge in [0.2, 0.25) is 0 Å². The number of carbonyl (C=O) groups excluding carboxylic acids is 2. The highest BCUT2D eigenvalue weighted by atomic mass is 16.6. The molecule has 47 heavy (non-hydrogen) atoms. The van der Waals surface area contributed by atoms with Crippen LogP contribution in [0.5, 0.6) is 0 Å². The molecular formula is C39H39N3O5. The van der Waals surface area contributed by atoms with Crippen molar-refractivity contribution in [2.45, 2.75) is 39.8 Å². The minimum atomic E-state index is -0.943. The summed E-state index contributed by atoms with van der Waals surface area (Å²) in [5.74, 6) is -0.740. The summed E-state index contributed by atoms with van der Waals surface area (Å²) in [5, 5.41) is 13.7. The van der Waals surface area contributed by atoms with Crippen molar-refractivity contribution in [3.8, 4) is 11.1 Å². The maximum Gasteiger partial charge on any atom is 0.410 e. The van der Waals surface area contributed by atoms with E-state index in [9.17, 15) is 19.5 Å². The Hall–Kier alpha value is -5.37. The molecular weight excluding hydrogens is 590 g/mol. The lowest BCUT2D eigenvalue weighted by atomic mass is 9.97. The number of rotatable bonds is 9. The molecule has 1 aliphatic rings. The van der Waals surface area contributed by atoms with Crippen molar-refractivity contribution >= 4 is 28.9 Å². The molecule has 2 amide bonds. The fourth-order valence-corrected chi connectivity index (χ4v) is 6.36. The summed E-state index contributed by atoms with van der Waals surface area (Å²) < 4.78 is 7.73. The molecule has 5 aromatic rings. The zero-order chi connectivity index (χ0) is 32.9. The summed E-state index contributed by atoms with van der Waals surface area (Å²) in [6.07, 6.45) is 1.34. The number of fused-ring (bicyclic) bond motifs is 1. The Morgan fingerprint density at radius 3 is 2.28 bits per heavy atom. The molecule has 2 heterocycles. The molecule has 0 saturated carbocycles. The van der Waals surface area contributed by atoms with Crippen molar-refractivity contribution in [3.05, 3.63) is 131 Å². The Kier molecular flexibility index (Phi) is 9.38. The van der Waals surface area contributed by atoms with Crippen LogP contribution in [-0.2, 0) is 17.9 Å². The van der Waals surface area contributed by atoms with Gasteiger partial charge in [-0.15, -0.1) is 0 Å². The highest BCUT2D eigenvalue weighted by Gasteiger charge is 2.24. The van der Waals surface area contributed by atoms with Crippen molar-refractivity contribution < 1.29 is 24.2 Å². The van der Waals surface area contributed by atoms with Crippen molar-refractivity contribution in [2.24, 2.45) is 5.92 Å². The van der Waals surface area contributed by atoms with Gasteiger partial charge in [0.05, 0.1) is 5.56 Å². The third kappa shape index (κ3) is 7.07. The number of benzene rings is 4.